The zero-order valence-electron chi connectivity index (χ0n) is 33.1. The van der Waals surface area contributed by atoms with E-state index in [0.717, 1.165) is 25.7 Å². The summed E-state index contributed by atoms with van der Waals surface area (Å²) in [6.07, 6.45) is 11.5. The fraction of sp³-hybridized carbons (Fsp3) is 0.292. The highest BCUT2D eigenvalue weighted by Gasteiger charge is 2.15. The average Bonchev–Trinajstić information content (AvgIpc) is 3.25. The largest absolute Gasteiger partial charge is 0.494 e. The molecule has 0 saturated heterocycles. The molecule has 10 nitrogen and oxygen atoms in total. The van der Waals surface area contributed by atoms with Crippen LogP contribution < -0.4 is 28.4 Å². The maximum Gasteiger partial charge on any atom is 0.343 e. The van der Waals surface area contributed by atoms with Crippen LogP contribution in [0.5, 0.6) is 34.5 Å². The highest BCUT2D eigenvalue weighted by atomic mass is 16.5. The summed E-state index contributed by atoms with van der Waals surface area (Å²) in [7, 11) is 0. The SMILES string of the molecule is CCCCCCCOc1ccc(C(=O)Oc2ccc(C(=O)Oc3ccc(OC(=O)c4ccc(OC(=O)c5ccc(OCCCCCCC)cc5)cc4)cc3)cc2)cc1. The van der Waals surface area contributed by atoms with Gasteiger partial charge in [-0.25, -0.2) is 19.2 Å². The smallest absolute Gasteiger partial charge is 0.343 e. The minimum absolute atomic E-state index is 0.232. The van der Waals surface area contributed by atoms with E-state index in [4.69, 9.17) is 28.4 Å². The van der Waals surface area contributed by atoms with E-state index < -0.39 is 23.9 Å². The molecule has 0 radical (unpaired) electrons. The summed E-state index contributed by atoms with van der Waals surface area (Å²) in [4.78, 5) is 50.9. The van der Waals surface area contributed by atoms with Gasteiger partial charge >= 0.3 is 23.9 Å². The Bertz CT molecular complexity index is 1890. The summed E-state index contributed by atoms with van der Waals surface area (Å²) in [6.45, 7) is 5.64. The molecule has 0 amide bonds. The van der Waals surface area contributed by atoms with Crippen LogP contribution in [0.25, 0.3) is 0 Å². The first-order valence-electron chi connectivity index (χ1n) is 20.0. The van der Waals surface area contributed by atoms with E-state index in [9.17, 15) is 19.2 Å². The van der Waals surface area contributed by atoms with E-state index in [-0.39, 0.29) is 34.1 Å². The quantitative estimate of drug-likeness (QED) is 0.0380. The molecular formula is C48H50O10. The first kappa shape index (κ1) is 42.7. The van der Waals surface area contributed by atoms with Crippen molar-refractivity contribution in [3.05, 3.63) is 144 Å². The first-order chi connectivity index (χ1) is 28.3. The van der Waals surface area contributed by atoms with Gasteiger partial charge in [-0.2, -0.15) is 0 Å². The molecular weight excluding hydrogens is 737 g/mol. The lowest BCUT2D eigenvalue weighted by atomic mass is 10.2. The van der Waals surface area contributed by atoms with Crippen LogP contribution in [0.3, 0.4) is 0 Å². The van der Waals surface area contributed by atoms with Crippen LogP contribution in [0.4, 0.5) is 0 Å². The topological polar surface area (TPSA) is 124 Å². The Kier molecular flexibility index (Phi) is 16.9. The molecule has 5 rings (SSSR count). The number of hydrogen-bond donors (Lipinski definition) is 0. The molecule has 302 valence electrons. The van der Waals surface area contributed by atoms with E-state index in [0.29, 0.717) is 35.8 Å². The van der Waals surface area contributed by atoms with E-state index in [2.05, 4.69) is 13.8 Å². The van der Waals surface area contributed by atoms with E-state index in [1.807, 2.05) is 0 Å². The van der Waals surface area contributed by atoms with Gasteiger partial charge in [-0.15, -0.1) is 0 Å². The van der Waals surface area contributed by atoms with Crippen molar-refractivity contribution >= 4 is 23.9 Å². The highest BCUT2D eigenvalue weighted by Crippen LogP contribution is 2.23. The molecule has 0 aliphatic rings. The van der Waals surface area contributed by atoms with Gasteiger partial charge in [0.2, 0.25) is 0 Å². The molecule has 0 heterocycles. The molecule has 0 saturated carbocycles. The summed E-state index contributed by atoms with van der Waals surface area (Å²) in [5.74, 6) is 0.0728. The molecule has 0 bridgehead atoms. The molecule has 0 fully saturated rings. The van der Waals surface area contributed by atoms with Gasteiger partial charge in [-0.1, -0.05) is 65.2 Å². The molecule has 0 aliphatic heterocycles. The fourth-order valence-electron chi connectivity index (χ4n) is 5.72. The van der Waals surface area contributed by atoms with Gasteiger partial charge in [-0.05, 0) is 134 Å². The van der Waals surface area contributed by atoms with Crippen LogP contribution in [0.2, 0.25) is 0 Å². The number of rotatable bonds is 22. The van der Waals surface area contributed by atoms with Crippen molar-refractivity contribution in [2.24, 2.45) is 0 Å². The van der Waals surface area contributed by atoms with Gasteiger partial charge in [-0.3, -0.25) is 0 Å². The lowest BCUT2D eigenvalue weighted by Crippen LogP contribution is -2.11. The Morgan fingerprint density at radius 2 is 0.534 bits per heavy atom. The zero-order valence-corrected chi connectivity index (χ0v) is 33.1. The van der Waals surface area contributed by atoms with E-state index >= 15 is 0 Å². The van der Waals surface area contributed by atoms with Crippen molar-refractivity contribution in [1.82, 2.24) is 0 Å². The van der Waals surface area contributed by atoms with Crippen molar-refractivity contribution < 1.29 is 47.6 Å². The first-order valence-corrected chi connectivity index (χ1v) is 20.0. The molecule has 0 atom stereocenters. The number of unbranched alkanes of at least 4 members (excludes halogenated alkanes) is 8. The number of benzene rings is 5. The summed E-state index contributed by atoms with van der Waals surface area (Å²) >= 11 is 0. The molecule has 0 spiro atoms. The maximum absolute atomic E-state index is 12.8. The molecule has 0 N–H and O–H groups in total. The van der Waals surface area contributed by atoms with Gasteiger partial charge in [0.05, 0.1) is 35.5 Å². The van der Waals surface area contributed by atoms with Crippen LogP contribution in [0.1, 0.15) is 119 Å². The molecule has 0 aliphatic carbocycles. The van der Waals surface area contributed by atoms with Gasteiger partial charge < -0.3 is 28.4 Å². The van der Waals surface area contributed by atoms with Gasteiger partial charge in [0.15, 0.2) is 0 Å². The lowest BCUT2D eigenvalue weighted by Gasteiger charge is -2.09. The fourth-order valence-corrected chi connectivity index (χ4v) is 5.72. The van der Waals surface area contributed by atoms with Gasteiger partial charge in [0, 0.05) is 0 Å². The van der Waals surface area contributed by atoms with Gasteiger partial charge in [0.25, 0.3) is 0 Å². The zero-order chi connectivity index (χ0) is 41.0. The van der Waals surface area contributed by atoms with Gasteiger partial charge in [0.1, 0.15) is 34.5 Å². The van der Waals surface area contributed by atoms with Crippen molar-refractivity contribution in [2.45, 2.75) is 78.1 Å². The molecule has 5 aromatic carbocycles. The molecule has 5 aromatic rings. The third kappa shape index (κ3) is 14.0. The summed E-state index contributed by atoms with van der Waals surface area (Å²) in [6, 6.07) is 31.6. The second kappa shape index (κ2) is 23.0. The Labute approximate surface area is 340 Å². The monoisotopic (exact) mass is 786 g/mol. The number of carbonyl (C=O) groups is 4. The Hall–Kier alpha value is -6.42. The predicted octanol–water partition coefficient (Wildman–Crippen LogP) is 11.3. The summed E-state index contributed by atoms with van der Waals surface area (Å²) in [5, 5.41) is 0. The van der Waals surface area contributed by atoms with E-state index in [1.165, 1.54) is 111 Å². The van der Waals surface area contributed by atoms with Crippen LogP contribution in [-0.4, -0.2) is 37.1 Å². The van der Waals surface area contributed by atoms with E-state index in [1.54, 1.807) is 48.5 Å². The lowest BCUT2D eigenvalue weighted by molar-refractivity contribution is 0.0716. The minimum Gasteiger partial charge on any atom is -0.494 e. The van der Waals surface area contributed by atoms with Crippen LogP contribution in [-0.2, 0) is 0 Å². The Balaban J connectivity index is 1.02. The summed E-state index contributed by atoms with van der Waals surface area (Å²) in [5.41, 5.74) is 1.23. The standard InChI is InChI=1S/C48H50O10/c1-3-5-7-9-11-33-53-39-21-13-35(14-22-39)45(49)55-41-25-17-37(18-26-41)47(51)57-43-29-31-44(32-30-43)58-48(52)38-19-27-42(28-20-38)56-46(50)36-15-23-40(24-16-36)54-34-12-10-8-6-4-2/h13-32H,3-12,33-34H2,1-2H3. The second-order valence-electron chi connectivity index (χ2n) is 13.7. The van der Waals surface area contributed by atoms with Crippen molar-refractivity contribution in [3.8, 4) is 34.5 Å². The normalized spacial score (nSPS) is 10.7. The van der Waals surface area contributed by atoms with Crippen LogP contribution in [0, 0.1) is 0 Å². The average molecular weight is 787 g/mol. The maximum atomic E-state index is 12.8. The highest BCUT2D eigenvalue weighted by molar-refractivity contribution is 5.94. The number of esters is 4. The number of carbonyl (C=O) groups excluding carboxylic acids is 4. The molecule has 0 aromatic heterocycles. The summed E-state index contributed by atoms with van der Waals surface area (Å²) < 4.78 is 33.4. The molecule has 58 heavy (non-hydrogen) atoms. The van der Waals surface area contributed by atoms with Crippen LogP contribution in [0.15, 0.2) is 121 Å². The molecule has 0 unspecified atom stereocenters. The molecule has 10 heteroatoms. The van der Waals surface area contributed by atoms with Crippen molar-refractivity contribution in [3.63, 3.8) is 0 Å². The minimum atomic E-state index is -0.626. The van der Waals surface area contributed by atoms with Crippen LogP contribution >= 0.6 is 0 Å². The van der Waals surface area contributed by atoms with Crippen molar-refractivity contribution in [1.29, 1.82) is 0 Å². The predicted molar refractivity (Wildman–Crippen MR) is 221 cm³/mol. The Morgan fingerprint density at radius 1 is 0.310 bits per heavy atom. The third-order valence-corrected chi connectivity index (χ3v) is 9.06. The third-order valence-electron chi connectivity index (χ3n) is 9.06. The second-order valence-corrected chi connectivity index (χ2v) is 13.7. The number of ether oxygens (including phenoxy) is 6. The Morgan fingerprint density at radius 3 is 0.793 bits per heavy atom. The van der Waals surface area contributed by atoms with Crippen molar-refractivity contribution in [2.75, 3.05) is 13.2 Å². The number of hydrogen-bond acceptors (Lipinski definition) is 10.